The molecule has 56 heavy (non-hydrogen) atoms. The van der Waals surface area contributed by atoms with E-state index in [0.717, 1.165) is 61.5 Å². The molecule has 4 amide bonds. The van der Waals surface area contributed by atoms with Crippen molar-refractivity contribution in [3.63, 3.8) is 0 Å². The highest BCUT2D eigenvalue weighted by Crippen LogP contribution is 2.29. The number of carbonyl (C=O) groups is 4. The zero-order chi connectivity index (χ0) is 39.1. The van der Waals surface area contributed by atoms with Gasteiger partial charge >= 0.3 is 0 Å². The SMILES string of the molecule is O=C(C[C@H](O)[C@H](CC1CCCCC1)NC(=O)[C@H](Cc1cnc[nH]1)NC(=O)[C@@H](CC(=O)N1CCOCC1)Cc1cccc2ccccc12)NCCN1CCOCC1. The summed E-state index contributed by atoms with van der Waals surface area (Å²) in [5.74, 6) is -1.77. The summed E-state index contributed by atoms with van der Waals surface area (Å²) in [5, 5.41) is 22.6. The smallest absolute Gasteiger partial charge is 0.243 e. The van der Waals surface area contributed by atoms with Crippen molar-refractivity contribution in [2.45, 2.75) is 82.4 Å². The Morgan fingerprint density at radius 2 is 1.59 bits per heavy atom. The third-order valence-electron chi connectivity index (χ3n) is 11.5. The maximum Gasteiger partial charge on any atom is 0.243 e. The molecule has 2 saturated heterocycles. The molecule has 14 heteroatoms. The number of imidazole rings is 1. The Hall–Kier alpha value is -4.37. The first-order chi connectivity index (χ1) is 27.3. The summed E-state index contributed by atoms with van der Waals surface area (Å²) in [6, 6.07) is 12.2. The number of nitrogens with one attached hydrogen (secondary N) is 4. The van der Waals surface area contributed by atoms with Crippen LogP contribution in [0.1, 0.15) is 62.6 Å². The lowest BCUT2D eigenvalue weighted by Gasteiger charge is -2.32. The Balaban J connectivity index is 1.17. The molecular weight excluding hydrogens is 715 g/mol. The number of H-pyrrole nitrogens is 1. The number of ether oxygens (including phenoxy) is 2. The first kappa shape index (κ1) is 41.3. The molecule has 304 valence electrons. The molecule has 1 aliphatic carbocycles. The molecule has 3 fully saturated rings. The Labute approximate surface area is 329 Å². The van der Waals surface area contributed by atoms with Crippen LogP contribution in [0.4, 0.5) is 0 Å². The van der Waals surface area contributed by atoms with E-state index in [9.17, 15) is 24.3 Å². The summed E-state index contributed by atoms with van der Waals surface area (Å²) in [6.07, 6.45) is 8.07. The minimum atomic E-state index is -1.13. The normalized spacial score (nSPS) is 19.1. The van der Waals surface area contributed by atoms with Crippen LogP contribution in [0.5, 0.6) is 0 Å². The van der Waals surface area contributed by atoms with Crippen molar-refractivity contribution in [1.29, 1.82) is 0 Å². The second kappa shape index (κ2) is 21.2. The first-order valence-corrected chi connectivity index (χ1v) is 20.5. The van der Waals surface area contributed by atoms with Gasteiger partial charge in [-0.1, -0.05) is 74.6 Å². The van der Waals surface area contributed by atoms with E-state index in [2.05, 4.69) is 30.8 Å². The zero-order valence-corrected chi connectivity index (χ0v) is 32.5. The molecule has 4 atom stereocenters. The van der Waals surface area contributed by atoms with Crippen LogP contribution in [0.15, 0.2) is 55.0 Å². The molecule has 0 bridgehead atoms. The number of hydrogen-bond donors (Lipinski definition) is 5. The predicted molar refractivity (Wildman–Crippen MR) is 211 cm³/mol. The molecule has 0 radical (unpaired) electrons. The quantitative estimate of drug-likeness (QED) is 0.130. The number of morpholine rings is 2. The molecule has 3 heterocycles. The molecule has 5 N–H and O–H groups in total. The van der Waals surface area contributed by atoms with Crippen LogP contribution in [0.2, 0.25) is 0 Å². The zero-order valence-electron chi connectivity index (χ0n) is 32.5. The highest BCUT2D eigenvalue weighted by molar-refractivity contribution is 5.92. The number of aromatic amines is 1. The van der Waals surface area contributed by atoms with Gasteiger partial charge in [-0.15, -0.1) is 0 Å². The van der Waals surface area contributed by atoms with E-state index < -0.39 is 35.9 Å². The summed E-state index contributed by atoms with van der Waals surface area (Å²) in [7, 11) is 0. The summed E-state index contributed by atoms with van der Waals surface area (Å²) in [5.41, 5.74) is 1.58. The number of nitrogens with zero attached hydrogens (tertiary/aromatic N) is 3. The number of hydrogen-bond acceptors (Lipinski definition) is 9. The number of rotatable bonds is 18. The van der Waals surface area contributed by atoms with E-state index in [4.69, 9.17) is 9.47 Å². The third kappa shape index (κ3) is 12.3. The molecule has 2 aliphatic heterocycles. The van der Waals surface area contributed by atoms with Gasteiger partial charge in [-0.2, -0.15) is 0 Å². The second-order valence-corrected chi connectivity index (χ2v) is 15.5. The molecule has 2 aromatic carbocycles. The van der Waals surface area contributed by atoms with E-state index in [1.165, 1.54) is 6.33 Å². The summed E-state index contributed by atoms with van der Waals surface area (Å²) in [4.78, 5) is 66.6. The largest absolute Gasteiger partial charge is 0.390 e. The number of aliphatic hydroxyl groups is 1. The number of benzene rings is 2. The molecule has 0 spiro atoms. The van der Waals surface area contributed by atoms with Gasteiger partial charge in [-0.25, -0.2) is 4.98 Å². The van der Waals surface area contributed by atoms with Crippen LogP contribution < -0.4 is 16.0 Å². The summed E-state index contributed by atoms with van der Waals surface area (Å²) in [6.45, 7) is 5.95. The van der Waals surface area contributed by atoms with E-state index in [0.29, 0.717) is 77.1 Å². The topological polar surface area (TPSA) is 178 Å². The van der Waals surface area contributed by atoms with Gasteiger partial charge in [-0.05, 0) is 35.1 Å². The van der Waals surface area contributed by atoms with Crippen molar-refractivity contribution in [3.05, 3.63) is 66.2 Å². The monoisotopic (exact) mass is 773 g/mol. The molecule has 0 unspecified atom stereocenters. The van der Waals surface area contributed by atoms with Gasteiger partial charge in [0.1, 0.15) is 6.04 Å². The van der Waals surface area contributed by atoms with Gasteiger partial charge in [0.25, 0.3) is 0 Å². The van der Waals surface area contributed by atoms with Gasteiger partial charge in [0.05, 0.1) is 57.2 Å². The average molecular weight is 774 g/mol. The number of aromatic nitrogens is 2. The fraction of sp³-hybridized carbons (Fsp3) is 0.595. The molecule has 14 nitrogen and oxygen atoms in total. The average Bonchev–Trinajstić information content (AvgIpc) is 3.74. The van der Waals surface area contributed by atoms with E-state index in [1.54, 1.807) is 11.1 Å². The molecule has 1 saturated carbocycles. The van der Waals surface area contributed by atoms with Crippen molar-refractivity contribution in [3.8, 4) is 0 Å². The van der Waals surface area contributed by atoms with Crippen molar-refractivity contribution >= 4 is 34.4 Å². The lowest BCUT2D eigenvalue weighted by Crippen LogP contribution is -2.55. The van der Waals surface area contributed by atoms with Crippen molar-refractivity contribution in [2.24, 2.45) is 11.8 Å². The van der Waals surface area contributed by atoms with Crippen LogP contribution in [0.25, 0.3) is 10.8 Å². The maximum atomic E-state index is 14.4. The molecular formula is C42H59N7O7. The third-order valence-corrected chi connectivity index (χ3v) is 11.5. The minimum Gasteiger partial charge on any atom is -0.390 e. The lowest BCUT2D eigenvalue weighted by molar-refractivity contribution is -0.140. The van der Waals surface area contributed by atoms with Crippen molar-refractivity contribution in [2.75, 3.05) is 65.7 Å². The van der Waals surface area contributed by atoms with Crippen LogP contribution in [-0.4, -0.2) is 132 Å². The van der Waals surface area contributed by atoms with E-state index in [1.807, 2.05) is 42.5 Å². The Morgan fingerprint density at radius 3 is 2.34 bits per heavy atom. The number of carbonyl (C=O) groups excluding carboxylic acids is 4. The first-order valence-electron chi connectivity index (χ1n) is 20.5. The second-order valence-electron chi connectivity index (χ2n) is 15.5. The van der Waals surface area contributed by atoms with Crippen molar-refractivity contribution < 1.29 is 33.8 Å². The van der Waals surface area contributed by atoms with Gasteiger partial charge in [0, 0.05) is 64.0 Å². The van der Waals surface area contributed by atoms with Crippen LogP contribution >= 0.6 is 0 Å². The van der Waals surface area contributed by atoms with E-state index >= 15 is 0 Å². The lowest BCUT2D eigenvalue weighted by atomic mass is 9.83. The maximum absolute atomic E-state index is 14.4. The van der Waals surface area contributed by atoms with Crippen molar-refractivity contribution in [1.82, 2.24) is 35.7 Å². The molecule has 3 aromatic rings. The summed E-state index contributed by atoms with van der Waals surface area (Å²) < 4.78 is 10.9. The van der Waals surface area contributed by atoms with Crippen LogP contribution in [0, 0.1) is 11.8 Å². The minimum absolute atomic E-state index is 0.0306. The highest BCUT2D eigenvalue weighted by atomic mass is 16.5. The van der Waals surface area contributed by atoms with Gasteiger partial charge in [0.2, 0.25) is 23.6 Å². The highest BCUT2D eigenvalue weighted by Gasteiger charge is 2.34. The van der Waals surface area contributed by atoms with Crippen LogP contribution in [-0.2, 0) is 41.5 Å². The standard InChI is InChI=1S/C42H59N7O7/c50-38(27-39(51)44-13-14-48-15-19-55-20-16-48)36(23-30-7-2-1-3-8-30)46-42(54)37(26-34-28-43-29-45-34)47-41(53)33(25-40(52)49-17-21-56-22-18-49)24-32-11-6-10-31-9-4-5-12-35(31)32/h4-6,9-12,28-30,33,36-38,50H,1-3,7-8,13-27H2,(H,43,45)(H,44,51)(H,46,54)(H,47,53)/t33-,36+,37+,38+/m1/s1. The predicted octanol–water partition coefficient (Wildman–Crippen LogP) is 2.35. The molecule has 3 aliphatic rings. The van der Waals surface area contributed by atoms with Gasteiger partial charge < -0.3 is 40.4 Å². The molecule has 1 aromatic heterocycles. The number of amides is 4. The van der Waals surface area contributed by atoms with E-state index in [-0.39, 0.29) is 31.1 Å². The van der Waals surface area contributed by atoms with Gasteiger partial charge in [-0.3, -0.25) is 24.1 Å². The Kier molecular flexibility index (Phi) is 15.7. The number of fused-ring (bicyclic) bond motifs is 1. The van der Waals surface area contributed by atoms with Gasteiger partial charge in [0.15, 0.2) is 0 Å². The number of aliphatic hydroxyl groups excluding tert-OH is 1. The summed E-state index contributed by atoms with van der Waals surface area (Å²) >= 11 is 0. The van der Waals surface area contributed by atoms with Crippen LogP contribution in [0.3, 0.4) is 0 Å². The Morgan fingerprint density at radius 1 is 0.857 bits per heavy atom. The Bertz CT molecular complexity index is 1700. The molecule has 6 rings (SSSR count). The fourth-order valence-electron chi connectivity index (χ4n) is 8.22. The fourth-order valence-corrected chi connectivity index (χ4v) is 8.22.